The number of rotatable bonds is 3. The molecule has 1 heterocycles. The molecule has 0 amide bonds. The van der Waals surface area contributed by atoms with E-state index >= 15 is 0 Å². The van der Waals surface area contributed by atoms with Gasteiger partial charge in [0.2, 0.25) is 0 Å². The fraction of sp³-hybridized carbons (Fsp3) is 0.0833. The van der Waals surface area contributed by atoms with E-state index in [1.807, 2.05) is 0 Å². The van der Waals surface area contributed by atoms with Gasteiger partial charge in [-0.3, -0.25) is 14.9 Å². The molecular weight excluding hydrogens is 222 g/mol. The Morgan fingerprint density at radius 1 is 1.29 bits per heavy atom. The van der Waals surface area contributed by atoms with E-state index in [-0.39, 0.29) is 11.4 Å². The third-order valence-electron chi connectivity index (χ3n) is 2.36. The molecule has 0 atom stereocenters. The molecule has 1 aromatic heterocycles. The second kappa shape index (κ2) is 4.21. The number of nitrogens with zero attached hydrogens (tertiary/aromatic N) is 1. The molecule has 0 aliphatic carbocycles. The predicted molar refractivity (Wildman–Crippen MR) is 60.9 cm³/mol. The smallest absolute Gasteiger partial charge is 0.280 e. The van der Waals surface area contributed by atoms with E-state index in [0.717, 1.165) is 5.56 Å². The molecule has 0 unspecified atom stereocenters. The largest absolute Gasteiger partial charge is 0.453 e. The Kier molecular flexibility index (Phi) is 2.74. The van der Waals surface area contributed by atoms with Crippen LogP contribution in [-0.4, -0.2) is 11.2 Å². The molecule has 0 bridgehead atoms. The van der Waals surface area contributed by atoms with E-state index in [1.165, 1.54) is 12.1 Å². The average molecular weight is 231 g/mol. The van der Waals surface area contributed by atoms with Gasteiger partial charge in [-0.15, -0.1) is 0 Å². The van der Waals surface area contributed by atoms with Crippen LogP contribution >= 0.6 is 0 Å². The maximum Gasteiger partial charge on any atom is 0.280 e. The first kappa shape index (κ1) is 11.1. The molecule has 0 aliphatic heterocycles. The van der Waals surface area contributed by atoms with E-state index in [4.69, 9.17) is 4.42 Å². The van der Waals surface area contributed by atoms with Gasteiger partial charge in [-0.1, -0.05) is 6.07 Å². The molecule has 5 heteroatoms. The molecule has 17 heavy (non-hydrogen) atoms. The topological polar surface area (TPSA) is 73.3 Å². The van der Waals surface area contributed by atoms with Crippen LogP contribution < -0.4 is 0 Å². The number of nitro benzene ring substituents is 1. The lowest BCUT2D eigenvalue weighted by atomic mass is 10.1. The van der Waals surface area contributed by atoms with Crippen molar-refractivity contribution in [3.8, 4) is 11.3 Å². The Bertz CT molecular complexity index is 586. The summed E-state index contributed by atoms with van der Waals surface area (Å²) in [5.41, 5.74) is 1.13. The highest BCUT2D eigenvalue weighted by molar-refractivity contribution is 5.75. The summed E-state index contributed by atoms with van der Waals surface area (Å²) in [5.74, 6) is 0.466. The van der Waals surface area contributed by atoms with Crippen LogP contribution in [0, 0.1) is 17.0 Å². The summed E-state index contributed by atoms with van der Waals surface area (Å²) < 4.78 is 5.18. The summed E-state index contributed by atoms with van der Waals surface area (Å²) >= 11 is 0. The maximum atomic E-state index is 10.9. The van der Waals surface area contributed by atoms with Crippen LogP contribution in [0.5, 0.6) is 0 Å². The molecule has 0 saturated carbocycles. The summed E-state index contributed by atoms with van der Waals surface area (Å²) in [4.78, 5) is 20.9. The molecule has 0 saturated heterocycles. The lowest BCUT2D eigenvalue weighted by Crippen LogP contribution is -1.92. The van der Waals surface area contributed by atoms with Crippen molar-refractivity contribution in [3.63, 3.8) is 0 Å². The number of aldehydes is 1. The molecule has 1 aromatic carbocycles. The van der Waals surface area contributed by atoms with Gasteiger partial charge in [0, 0.05) is 6.07 Å². The van der Waals surface area contributed by atoms with E-state index in [2.05, 4.69) is 0 Å². The van der Waals surface area contributed by atoms with Crippen molar-refractivity contribution >= 4 is 12.0 Å². The zero-order valence-electron chi connectivity index (χ0n) is 9.04. The Morgan fingerprint density at radius 2 is 2.06 bits per heavy atom. The third-order valence-corrected chi connectivity index (χ3v) is 2.36. The molecule has 86 valence electrons. The summed E-state index contributed by atoms with van der Waals surface area (Å²) in [6.07, 6.45) is 0.559. The zero-order valence-corrected chi connectivity index (χ0v) is 9.04. The second-order valence-electron chi connectivity index (χ2n) is 3.60. The van der Waals surface area contributed by atoms with Crippen LogP contribution in [0.1, 0.15) is 16.1 Å². The van der Waals surface area contributed by atoms with Gasteiger partial charge in [0.25, 0.3) is 5.69 Å². The van der Waals surface area contributed by atoms with Crippen LogP contribution in [0.15, 0.2) is 34.7 Å². The van der Waals surface area contributed by atoms with E-state index in [0.29, 0.717) is 17.6 Å². The first-order valence-electron chi connectivity index (χ1n) is 4.92. The number of hydrogen-bond donors (Lipinski definition) is 0. The number of carbonyl (C=O) groups excluding carboxylic acids is 1. The Hall–Kier alpha value is -2.43. The number of aryl methyl sites for hydroxylation is 1. The molecule has 2 aromatic rings. The van der Waals surface area contributed by atoms with Gasteiger partial charge < -0.3 is 4.42 Å². The molecule has 2 rings (SSSR count). The van der Waals surface area contributed by atoms with Gasteiger partial charge in [0.05, 0.1) is 10.5 Å². The van der Waals surface area contributed by atoms with Crippen molar-refractivity contribution in [3.05, 3.63) is 51.8 Å². The minimum atomic E-state index is -0.467. The van der Waals surface area contributed by atoms with E-state index in [1.54, 1.807) is 25.1 Å². The Balaban J connectivity index is 2.58. The minimum absolute atomic E-state index is 0.0307. The Labute approximate surface area is 96.8 Å². The lowest BCUT2D eigenvalue weighted by Gasteiger charge is -2.00. The maximum absolute atomic E-state index is 10.9. The standard InChI is InChI=1S/C12H9NO4/c1-8-2-4-10(11(6-8)13(15)16)12-5-3-9(7-14)17-12/h2-7H,1H3. The summed E-state index contributed by atoms with van der Waals surface area (Å²) in [6, 6.07) is 7.86. The first-order valence-corrected chi connectivity index (χ1v) is 4.92. The number of nitro groups is 1. The molecule has 0 aliphatic rings. The fourth-order valence-electron chi connectivity index (χ4n) is 1.56. The summed E-state index contributed by atoms with van der Waals surface area (Å²) in [6.45, 7) is 1.77. The van der Waals surface area contributed by atoms with Crippen LogP contribution in [0.4, 0.5) is 5.69 Å². The van der Waals surface area contributed by atoms with Gasteiger partial charge in [0.1, 0.15) is 5.76 Å². The lowest BCUT2D eigenvalue weighted by molar-refractivity contribution is -0.384. The average Bonchev–Trinajstić information content (AvgIpc) is 2.77. The Morgan fingerprint density at radius 3 is 2.65 bits per heavy atom. The predicted octanol–water partition coefficient (Wildman–Crippen LogP) is 2.98. The normalized spacial score (nSPS) is 10.2. The number of hydrogen-bond acceptors (Lipinski definition) is 4. The number of benzene rings is 1. The zero-order chi connectivity index (χ0) is 12.4. The van der Waals surface area contributed by atoms with Crippen molar-refractivity contribution in [2.75, 3.05) is 0 Å². The van der Waals surface area contributed by atoms with Gasteiger partial charge in [-0.25, -0.2) is 0 Å². The molecule has 0 fully saturated rings. The molecule has 5 nitrogen and oxygen atoms in total. The molecular formula is C12H9NO4. The highest BCUT2D eigenvalue weighted by Gasteiger charge is 2.17. The van der Waals surface area contributed by atoms with Gasteiger partial charge in [0.15, 0.2) is 12.0 Å². The molecule has 0 N–H and O–H groups in total. The van der Waals surface area contributed by atoms with Crippen LogP contribution in [0.2, 0.25) is 0 Å². The SMILES string of the molecule is Cc1ccc(-c2ccc(C=O)o2)c([N+](=O)[O-])c1. The van der Waals surface area contributed by atoms with Crippen LogP contribution in [0.3, 0.4) is 0 Å². The van der Waals surface area contributed by atoms with Gasteiger partial charge in [-0.05, 0) is 30.7 Å². The second-order valence-corrected chi connectivity index (χ2v) is 3.60. The number of carbonyl (C=O) groups is 1. The van der Waals surface area contributed by atoms with E-state index < -0.39 is 4.92 Å². The van der Waals surface area contributed by atoms with Crippen LogP contribution in [0.25, 0.3) is 11.3 Å². The molecule has 0 radical (unpaired) electrons. The quantitative estimate of drug-likeness (QED) is 0.462. The summed E-state index contributed by atoms with van der Waals surface area (Å²) in [7, 11) is 0. The minimum Gasteiger partial charge on any atom is -0.453 e. The van der Waals surface area contributed by atoms with E-state index in [9.17, 15) is 14.9 Å². The van der Waals surface area contributed by atoms with Gasteiger partial charge >= 0.3 is 0 Å². The fourth-order valence-corrected chi connectivity index (χ4v) is 1.56. The van der Waals surface area contributed by atoms with Crippen molar-refractivity contribution < 1.29 is 14.1 Å². The van der Waals surface area contributed by atoms with Crippen molar-refractivity contribution in [2.24, 2.45) is 0 Å². The van der Waals surface area contributed by atoms with Crippen molar-refractivity contribution in [1.29, 1.82) is 0 Å². The third kappa shape index (κ3) is 2.08. The highest BCUT2D eigenvalue weighted by Crippen LogP contribution is 2.31. The first-order chi connectivity index (χ1) is 8.11. The van der Waals surface area contributed by atoms with Crippen molar-refractivity contribution in [1.82, 2.24) is 0 Å². The monoisotopic (exact) mass is 231 g/mol. The highest BCUT2D eigenvalue weighted by atomic mass is 16.6. The number of furan rings is 1. The summed E-state index contributed by atoms with van der Waals surface area (Å²) in [5, 5.41) is 10.9. The van der Waals surface area contributed by atoms with Gasteiger partial charge in [-0.2, -0.15) is 0 Å². The van der Waals surface area contributed by atoms with Crippen LogP contribution in [-0.2, 0) is 0 Å². The van der Waals surface area contributed by atoms with Crippen molar-refractivity contribution in [2.45, 2.75) is 6.92 Å². The molecule has 0 spiro atoms.